The maximum absolute atomic E-state index is 12.4. The minimum Gasteiger partial charge on any atom is -0.496 e. The normalized spacial score (nSPS) is 14.2. The van der Waals surface area contributed by atoms with E-state index < -0.39 is 0 Å². The predicted molar refractivity (Wildman–Crippen MR) is 98.0 cm³/mol. The van der Waals surface area contributed by atoms with Crippen molar-refractivity contribution < 1.29 is 14.3 Å². The first-order valence-corrected chi connectivity index (χ1v) is 8.83. The molecule has 0 radical (unpaired) electrons. The van der Waals surface area contributed by atoms with Crippen molar-refractivity contribution in [1.82, 2.24) is 15.1 Å². The smallest absolute Gasteiger partial charge is 0.272 e. The number of aromatic nitrogens is 2. The van der Waals surface area contributed by atoms with Crippen LogP contribution in [0.25, 0.3) is 0 Å². The minimum absolute atomic E-state index is 0.00600. The number of nitrogens with zero attached hydrogens (tertiary/aromatic N) is 2. The molecular formula is C19H24N4O3. The zero-order chi connectivity index (χ0) is 18.5. The van der Waals surface area contributed by atoms with Crippen molar-refractivity contribution in [3.05, 3.63) is 41.6 Å². The highest BCUT2D eigenvalue weighted by Gasteiger charge is 2.24. The van der Waals surface area contributed by atoms with E-state index >= 15 is 0 Å². The van der Waals surface area contributed by atoms with Crippen LogP contribution in [-0.2, 0) is 18.4 Å². The fourth-order valence-corrected chi connectivity index (χ4v) is 3.23. The van der Waals surface area contributed by atoms with E-state index in [1.54, 1.807) is 20.2 Å². The number of ether oxygens (including phenoxy) is 1. The number of amides is 2. The van der Waals surface area contributed by atoms with Crippen molar-refractivity contribution in [2.75, 3.05) is 12.4 Å². The Labute approximate surface area is 152 Å². The van der Waals surface area contributed by atoms with Crippen LogP contribution in [0.2, 0.25) is 0 Å². The molecule has 1 aromatic carbocycles. The van der Waals surface area contributed by atoms with Crippen LogP contribution in [-0.4, -0.2) is 28.7 Å². The fourth-order valence-electron chi connectivity index (χ4n) is 3.23. The third-order valence-corrected chi connectivity index (χ3v) is 4.72. The maximum atomic E-state index is 12.4. The standard InChI is InChI=1S/C19H24N4O3/c1-23-17(21-18(24)13-7-3-4-8-13)11-15(22-23)19(25)20-12-14-9-5-6-10-16(14)26-2/h5-6,9-11,13H,3-4,7-8,12H2,1-2H3,(H,20,25)(H,21,24). The quantitative estimate of drug-likeness (QED) is 0.833. The van der Waals surface area contributed by atoms with Crippen molar-refractivity contribution in [2.45, 2.75) is 32.2 Å². The lowest BCUT2D eigenvalue weighted by Gasteiger charge is -2.09. The molecule has 1 aliphatic carbocycles. The van der Waals surface area contributed by atoms with Gasteiger partial charge in [-0.3, -0.25) is 14.3 Å². The minimum atomic E-state index is -0.298. The Balaban J connectivity index is 1.62. The van der Waals surface area contributed by atoms with E-state index in [0.717, 1.165) is 37.0 Å². The second-order valence-corrected chi connectivity index (χ2v) is 6.50. The summed E-state index contributed by atoms with van der Waals surface area (Å²) in [5, 5.41) is 9.92. The second-order valence-electron chi connectivity index (χ2n) is 6.50. The summed E-state index contributed by atoms with van der Waals surface area (Å²) < 4.78 is 6.80. The van der Waals surface area contributed by atoms with Gasteiger partial charge in [-0.25, -0.2) is 0 Å². The molecule has 1 aromatic heterocycles. The van der Waals surface area contributed by atoms with Crippen LogP contribution < -0.4 is 15.4 Å². The van der Waals surface area contributed by atoms with E-state index in [4.69, 9.17) is 4.74 Å². The number of aryl methyl sites for hydroxylation is 1. The van der Waals surface area contributed by atoms with Crippen LogP contribution in [0.3, 0.4) is 0 Å². The number of para-hydroxylation sites is 1. The van der Waals surface area contributed by atoms with Crippen molar-refractivity contribution >= 4 is 17.6 Å². The highest BCUT2D eigenvalue weighted by Crippen LogP contribution is 2.26. The van der Waals surface area contributed by atoms with Crippen molar-refractivity contribution in [3.8, 4) is 5.75 Å². The van der Waals surface area contributed by atoms with E-state index in [2.05, 4.69) is 15.7 Å². The van der Waals surface area contributed by atoms with Gasteiger partial charge in [0.1, 0.15) is 11.6 Å². The molecular weight excluding hydrogens is 332 g/mol. The molecule has 1 heterocycles. The molecule has 7 nitrogen and oxygen atoms in total. The summed E-state index contributed by atoms with van der Waals surface area (Å²) in [6.07, 6.45) is 4.05. The largest absolute Gasteiger partial charge is 0.496 e. The number of hydrogen-bond donors (Lipinski definition) is 2. The van der Waals surface area contributed by atoms with Gasteiger partial charge in [0, 0.05) is 31.1 Å². The van der Waals surface area contributed by atoms with Gasteiger partial charge in [-0.1, -0.05) is 31.0 Å². The number of methoxy groups -OCH3 is 1. The number of rotatable bonds is 6. The molecule has 0 spiro atoms. The molecule has 0 saturated heterocycles. The van der Waals surface area contributed by atoms with Crippen LogP contribution in [0.15, 0.2) is 30.3 Å². The number of hydrogen-bond acceptors (Lipinski definition) is 4. The Morgan fingerprint density at radius 2 is 2.00 bits per heavy atom. The van der Waals surface area contributed by atoms with Crippen LogP contribution >= 0.6 is 0 Å². The lowest BCUT2D eigenvalue weighted by Crippen LogP contribution is -2.23. The molecule has 138 valence electrons. The molecule has 0 bridgehead atoms. The second kappa shape index (κ2) is 8.03. The van der Waals surface area contributed by atoms with Gasteiger partial charge in [0.2, 0.25) is 5.91 Å². The Morgan fingerprint density at radius 1 is 1.27 bits per heavy atom. The van der Waals surface area contributed by atoms with Crippen molar-refractivity contribution in [1.29, 1.82) is 0 Å². The molecule has 0 aliphatic heterocycles. The summed E-state index contributed by atoms with van der Waals surface area (Å²) in [5.41, 5.74) is 1.15. The number of benzene rings is 1. The number of anilines is 1. The highest BCUT2D eigenvalue weighted by atomic mass is 16.5. The average molecular weight is 356 g/mol. The van der Waals surface area contributed by atoms with Crippen LogP contribution in [0, 0.1) is 5.92 Å². The van der Waals surface area contributed by atoms with E-state index in [1.165, 1.54) is 4.68 Å². The fraction of sp³-hybridized carbons (Fsp3) is 0.421. The molecule has 1 fully saturated rings. The van der Waals surface area contributed by atoms with E-state index in [0.29, 0.717) is 12.4 Å². The maximum Gasteiger partial charge on any atom is 0.272 e. The van der Waals surface area contributed by atoms with E-state index in [1.807, 2.05) is 24.3 Å². The van der Waals surface area contributed by atoms with Gasteiger partial charge < -0.3 is 15.4 Å². The Kier molecular flexibility index (Phi) is 5.55. The number of carbonyl (C=O) groups excluding carboxylic acids is 2. The summed E-state index contributed by atoms with van der Waals surface area (Å²) in [7, 11) is 3.31. The van der Waals surface area contributed by atoms with Crippen LogP contribution in [0.1, 0.15) is 41.7 Å². The topological polar surface area (TPSA) is 85.3 Å². The summed E-state index contributed by atoms with van der Waals surface area (Å²) in [6.45, 7) is 0.336. The van der Waals surface area contributed by atoms with E-state index in [-0.39, 0.29) is 23.4 Å². The molecule has 7 heteroatoms. The molecule has 1 aliphatic rings. The zero-order valence-electron chi connectivity index (χ0n) is 15.1. The summed E-state index contributed by atoms with van der Waals surface area (Å²) in [5.74, 6) is 1.02. The molecule has 0 unspecified atom stereocenters. The van der Waals surface area contributed by atoms with Crippen LogP contribution in [0.4, 0.5) is 5.82 Å². The average Bonchev–Trinajstić information content (AvgIpc) is 3.30. The van der Waals surface area contributed by atoms with Gasteiger partial charge in [-0.05, 0) is 18.9 Å². The molecule has 3 rings (SSSR count). The summed E-state index contributed by atoms with van der Waals surface area (Å²) in [4.78, 5) is 24.6. The first kappa shape index (κ1) is 18.0. The lowest BCUT2D eigenvalue weighted by molar-refractivity contribution is -0.119. The first-order valence-electron chi connectivity index (χ1n) is 8.83. The monoisotopic (exact) mass is 356 g/mol. The first-order chi connectivity index (χ1) is 12.6. The van der Waals surface area contributed by atoms with Crippen LogP contribution in [0.5, 0.6) is 5.75 Å². The Morgan fingerprint density at radius 3 is 2.73 bits per heavy atom. The van der Waals surface area contributed by atoms with Crippen molar-refractivity contribution in [3.63, 3.8) is 0 Å². The third kappa shape index (κ3) is 4.04. The third-order valence-electron chi connectivity index (χ3n) is 4.72. The molecule has 26 heavy (non-hydrogen) atoms. The molecule has 2 aromatic rings. The number of nitrogens with one attached hydrogen (secondary N) is 2. The number of carbonyl (C=O) groups is 2. The van der Waals surface area contributed by atoms with Gasteiger partial charge in [-0.2, -0.15) is 5.10 Å². The van der Waals surface area contributed by atoms with Gasteiger partial charge in [0.05, 0.1) is 7.11 Å². The van der Waals surface area contributed by atoms with E-state index in [9.17, 15) is 9.59 Å². The molecule has 1 saturated carbocycles. The van der Waals surface area contributed by atoms with Gasteiger partial charge in [0.15, 0.2) is 5.69 Å². The predicted octanol–water partition coefficient (Wildman–Crippen LogP) is 2.49. The summed E-state index contributed by atoms with van der Waals surface area (Å²) >= 11 is 0. The van der Waals surface area contributed by atoms with Gasteiger partial charge >= 0.3 is 0 Å². The zero-order valence-corrected chi connectivity index (χ0v) is 15.1. The molecule has 0 atom stereocenters. The SMILES string of the molecule is COc1ccccc1CNC(=O)c1cc(NC(=O)C2CCCC2)n(C)n1. The van der Waals surface area contributed by atoms with Crippen molar-refractivity contribution in [2.24, 2.45) is 13.0 Å². The Hall–Kier alpha value is -2.83. The molecule has 2 N–H and O–H groups in total. The Bertz CT molecular complexity index is 794. The van der Waals surface area contributed by atoms with Gasteiger partial charge in [0.25, 0.3) is 5.91 Å². The summed E-state index contributed by atoms with van der Waals surface area (Å²) in [6, 6.07) is 9.11. The highest BCUT2D eigenvalue weighted by molar-refractivity contribution is 5.96. The lowest BCUT2D eigenvalue weighted by atomic mass is 10.1. The van der Waals surface area contributed by atoms with Gasteiger partial charge in [-0.15, -0.1) is 0 Å². The molecule has 2 amide bonds.